The summed E-state index contributed by atoms with van der Waals surface area (Å²) in [5.74, 6) is 0.710. The molecule has 0 aliphatic heterocycles. The predicted molar refractivity (Wildman–Crippen MR) is 90.7 cm³/mol. The Balaban J connectivity index is 2.49. The second kappa shape index (κ2) is 9.25. The lowest BCUT2D eigenvalue weighted by atomic mass is 10.1. The molecule has 20 heavy (non-hydrogen) atoms. The van der Waals surface area contributed by atoms with Gasteiger partial charge in [-0.3, -0.25) is 4.90 Å². The highest BCUT2D eigenvalue weighted by Crippen LogP contribution is 2.15. The molecule has 1 N–H and O–H groups in total. The van der Waals surface area contributed by atoms with Gasteiger partial charge in [-0.25, -0.2) is 0 Å². The summed E-state index contributed by atoms with van der Waals surface area (Å²) in [6.07, 6.45) is 2.45. The number of halogens is 1. The molecule has 1 aromatic carbocycles. The summed E-state index contributed by atoms with van der Waals surface area (Å²) >= 11 is 6.00. The van der Waals surface area contributed by atoms with Gasteiger partial charge in [0.25, 0.3) is 0 Å². The van der Waals surface area contributed by atoms with Gasteiger partial charge in [-0.15, -0.1) is 0 Å². The van der Waals surface area contributed by atoms with E-state index in [2.05, 4.69) is 44.0 Å². The molecule has 114 valence electrons. The highest BCUT2D eigenvalue weighted by Gasteiger charge is 2.15. The van der Waals surface area contributed by atoms with Crippen molar-refractivity contribution in [2.45, 2.75) is 46.6 Å². The number of rotatable bonds is 9. The average Bonchev–Trinajstić information content (AvgIpc) is 2.39. The minimum absolute atomic E-state index is 0.693. The average molecular weight is 297 g/mol. The van der Waals surface area contributed by atoms with Crippen molar-refractivity contribution in [1.29, 1.82) is 0 Å². The Morgan fingerprint density at radius 1 is 1.20 bits per heavy atom. The van der Waals surface area contributed by atoms with Crippen LogP contribution in [-0.2, 0) is 0 Å². The van der Waals surface area contributed by atoms with Crippen molar-refractivity contribution in [2.75, 3.05) is 25.0 Å². The molecule has 0 amide bonds. The molecular weight excluding hydrogens is 268 g/mol. The first-order valence-electron chi connectivity index (χ1n) is 7.80. The van der Waals surface area contributed by atoms with Gasteiger partial charge in [-0.1, -0.05) is 45.4 Å². The third-order valence-corrected chi connectivity index (χ3v) is 3.85. The Hall–Kier alpha value is -0.730. The van der Waals surface area contributed by atoms with Crippen LogP contribution < -0.4 is 5.32 Å². The van der Waals surface area contributed by atoms with Crippen LogP contribution in [-0.4, -0.2) is 30.6 Å². The maximum Gasteiger partial charge on any atom is 0.0426 e. The second-order valence-corrected chi connectivity index (χ2v) is 6.23. The topological polar surface area (TPSA) is 15.3 Å². The Morgan fingerprint density at radius 2 is 1.90 bits per heavy atom. The lowest BCUT2D eigenvalue weighted by Gasteiger charge is -2.32. The summed E-state index contributed by atoms with van der Waals surface area (Å²) < 4.78 is 0. The molecule has 0 heterocycles. The third-order valence-electron chi connectivity index (χ3n) is 3.61. The first-order chi connectivity index (χ1) is 9.56. The smallest absolute Gasteiger partial charge is 0.0426 e. The second-order valence-electron chi connectivity index (χ2n) is 5.80. The van der Waals surface area contributed by atoms with Gasteiger partial charge in [0.15, 0.2) is 0 Å². The fourth-order valence-electron chi connectivity index (χ4n) is 2.64. The van der Waals surface area contributed by atoms with Crippen molar-refractivity contribution in [3.8, 4) is 0 Å². The SMILES string of the molecule is CCC(CC)N(CCNc1cccc(Cl)c1)CC(C)C. The minimum atomic E-state index is 0.693. The predicted octanol–water partition coefficient (Wildman–Crippen LogP) is 4.90. The molecular formula is C17H29ClN2. The van der Waals surface area contributed by atoms with E-state index in [1.807, 2.05) is 18.2 Å². The summed E-state index contributed by atoms with van der Waals surface area (Å²) in [4.78, 5) is 2.61. The van der Waals surface area contributed by atoms with Crippen LogP contribution in [0.1, 0.15) is 40.5 Å². The number of benzene rings is 1. The first-order valence-corrected chi connectivity index (χ1v) is 8.18. The van der Waals surface area contributed by atoms with Crippen molar-refractivity contribution in [2.24, 2.45) is 5.92 Å². The molecule has 2 nitrogen and oxygen atoms in total. The molecule has 0 spiro atoms. The molecule has 0 aromatic heterocycles. The van der Waals surface area contributed by atoms with E-state index < -0.39 is 0 Å². The molecule has 0 radical (unpaired) electrons. The van der Waals surface area contributed by atoms with E-state index in [4.69, 9.17) is 11.6 Å². The number of anilines is 1. The lowest BCUT2D eigenvalue weighted by molar-refractivity contribution is 0.172. The monoisotopic (exact) mass is 296 g/mol. The number of nitrogens with zero attached hydrogens (tertiary/aromatic N) is 1. The van der Waals surface area contributed by atoms with Crippen LogP contribution in [0.5, 0.6) is 0 Å². The van der Waals surface area contributed by atoms with E-state index in [-0.39, 0.29) is 0 Å². The molecule has 0 aliphatic carbocycles. The third kappa shape index (κ3) is 6.15. The van der Waals surface area contributed by atoms with E-state index in [0.717, 1.165) is 23.8 Å². The number of hydrogen-bond donors (Lipinski definition) is 1. The summed E-state index contributed by atoms with van der Waals surface area (Å²) in [6, 6.07) is 8.62. The molecule has 0 saturated carbocycles. The van der Waals surface area contributed by atoms with E-state index in [0.29, 0.717) is 12.0 Å². The van der Waals surface area contributed by atoms with Gasteiger partial charge in [0.05, 0.1) is 0 Å². The van der Waals surface area contributed by atoms with E-state index >= 15 is 0 Å². The summed E-state index contributed by atoms with van der Waals surface area (Å²) in [5.41, 5.74) is 1.10. The molecule has 0 bridgehead atoms. The highest BCUT2D eigenvalue weighted by atomic mass is 35.5. The van der Waals surface area contributed by atoms with Crippen LogP contribution in [0.3, 0.4) is 0 Å². The largest absolute Gasteiger partial charge is 0.384 e. The van der Waals surface area contributed by atoms with Gasteiger partial charge in [-0.2, -0.15) is 0 Å². The first kappa shape index (κ1) is 17.3. The molecule has 0 fully saturated rings. The summed E-state index contributed by atoms with van der Waals surface area (Å²) in [7, 11) is 0. The van der Waals surface area contributed by atoms with Gasteiger partial charge < -0.3 is 5.32 Å². The van der Waals surface area contributed by atoms with Crippen LogP contribution in [0.4, 0.5) is 5.69 Å². The lowest BCUT2D eigenvalue weighted by Crippen LogP contribution is -2.40. The van der Waals surface area contributed by atoms with Crippen molar-refractivity contribution in [3.05, 3.63) is 29.3 Å². The Morgan fingerprint density at radius 3 is 2.45 bits per heavy atom. The normalized spacial score (nSPS) is 11.6. The fraction of sp³-hybridized carbons (Fsp3) is 0.647. The van der Waals surface area contributed by atoms with E-state index in [1.165, 1.54) is 19.4 Å². The summed E-state index contributed by atoms with van der Waals surface area (Å²) in [5, 5.41) is 4.25. The molecule has 0 aliphatic rings. The van der Waals surface area contributed by atoms with Crippen molar-refractivity contribution >= 4 is 17.3 Å². The zero-order chi connectivity index (χ0) is 15.0. The molecule has 0 saturated heterocycles. The van der Waals surface area contributed by atoms with Gasteiger partial charge in [0.2, 0.25) is 0 Å². The Labute approximate surface area is 129 Å². The van der Waals surface area contributed by atoms with Crippen LogP contribution in [0.15, 0.2) is 24.3 Å². The maximum absolute atomic E-state index is 6.00. The molecule has 1 aromatic rings. The standard InChI is InChI=1S/C17H29ClN2/c1-5-17(6-2)20(13-14(3)4)11-10-19-16-9-7-8-15(18)12-16/h7-9,12,14,17,19H,5-6,10-11,13H2,1-4H3. The van der Waals surface area contributed by atoms with Gasteiger partial charge in [0, 0.05) is 36.4 Å². The van der Waals surface area contributed by atoms with Gasteiger partial charge >= 0.3 is 0 Å². The van der Waals surface area contributed by atoms with E-state index in [9.17, 15) is 0 Å². The zero-order valence-corrected chi connectivity index (χ0v) is 14.1. The highest BCUT2D eigenvalue weighted by molar-refractivity contribution is 6.30. The maximum atomic E-state index is 6.00. The molecule has 3 heteroatoms. The van der Waals surface area contributed by atoms with Crippen LogP contribution in [0.25, 0.3) is 0 Å². The van der Waals surface area contributed by atoms with Crippen molar-refractivity contribution in [1.82, 2.24) is 4.90 Å². The van der Waals surface area contributed by atoms with Gasteiger partial charge in [0.1, 0.15) is 0 Å². The minimum Gasteiger partial charge on any atom is -0.384 e. The molecule has 0 atom stereocenters. The Bertz CT molecular complexity index is 375. The fourth-order valence-corrected chi connectivity index (χ4v) is 2.83. The quantitative estimate of drug-likeness (QED) is 0.697. The Kier molecular flexibility index (Phi) is 8.01. The molecule has 1 rings (SSSR count). The van der Waals surface area contributed by atoms with Crippen LogP contribution in [0.2, 0.25) is 5.02 Å². The molecule has 0 unspecified atom stereocenters. The van der Waals surface area contributed by atoms with Gasteiger partial charge in [-0.05, 0) is 37.0 Å². The summed E-state index contributed by atoms with van der Waals surface area (Å²) in [6.45, 7) is 12.4. The van der Waals surface area contributed by atoms with Crippen molar-refractivity contribution in [3.63, 3.8) is 0 Å². The zero-order valence-electron chi connectivity index (χ0n) is 13.3. The van der Waals surface area contributed by atoms with Crippen LogP contribution >= 0.6 is 11.6 Å². The number of nitrogens with one attached hydrogen (secondary N) is 1. The van der Waals surface area contributed by atoms with Crippen LogP contribution in [0, 0.1) is 5.92 Å². The number of hydrogen-bond acceptors (Lipinski definition) is 2. The van der Waals surface area contributed by atoms with Crippen molar-refractivity contribution < 1.29 is 0 Å². The van der Waals surface area contributed by atoms with E-state index in [1.54, 1.807) is 0 Å².